The van der Waals surface area contributed by atoms with E-state index in [1.165, 1.54) is 80.1 Å². The van der Waals surface area contributed by atoms with Crippen LogP contribution in [-0.2, 0) is 5.41 Å². The van der Waals surface area contributed by atoms with Crippen molar-refractivity contribution >= 4 is 31.5 Å². The van der Waals surface area contributed by atoms with Gasteiger partial charge < -0.3 is 0 Å². The average Bonchev–Trinajstić information content (AvgIpc) is 3.68. The van der Waals surface area contributed by atoms with Crippen molar-refractivity contribution in [1.29, 1.82) is 0 Å². The molecule has 1 saturated carbocycles. The summed E-state index contributed by atoms with van der Waals surface area (Å²) in [5.74, 6) is 0.749. The summed E-state index contributed by atoms with van der Waals surface area (Å²) in [5.41, 5.74) is 13.4. The predicted molar refractivity (Wildman–Crippen MR) is 206 cm³/mol. The molecule has 6 aromatic carbocycles. The van der Waals surface area contributed by atoms with Crippen molar-refractivity contribution in [2.24, 2.45) is 0 Å². The fraction of sp³-hybridized carbons (Fsp3) is 0.130. The highest BCUT2D eigenvalue weighted by molar-refractivity contribution is 7.25. The Bertz CT molecular complexity index is 2540. The minimum Gasteiger partial charge on any atom is -0.228 e. The first-order valence-corrected chi connectivity index (χ1v) is 18.3. The maximum absolute atomic E-state index is 5.39. The smallest absolute Gasteiger partial charge is 0.161 e. The fourth-order valence-electron chi connectivity index (χ4n) is 8.60. The van der Waals surface area contributed by atoms with Gasteiger partial charge in [0.1, 0.15) is 0 Å². The van der Waals surface area contributed by atoms with Crippen LogP contribution in [0.1, 0.15) is 43.2 Å². The quantitative estimate of drug-likeness (QED) is 0.190. The van der Waals surface area contributed by atoms with Crippen molar-refractivity contribution in [2.45, 2.75) is 37.5 Å². The van der Waals surface area contributed by atoms with E-state index >= 15 is 0 Å². The summed E-state index contributed by atoms with van der Waals surface area (Å²) in [4.78, 5) is 10.7. The third-order valence-electron chi connectivity index (χ3n) is 10.9. The zero-order chi connectivity index (χ0) is 32.4. The number of thiophene rings is 1. The molecule has 0 amide bonds. The number of nitrogens with zero attached hydrogens (tertiary/aromatic N) is 2. The highest BCUT2D eigenvalue weighted by Gasteiger charge is 2.43. The molecule has 1 spiro atoms. The summed E-state index contributed by atoms with van der Waals surface area (Å²) >= 11 is 1.85. The van der Waals surface area contributed by atoms with Gasteiger partial charge in [0.25, 0.3) is 0 Å². The molecule has 49 heavy (non-hydrogen) atoms. The number of rotatable bonds is 4. The van der Waals surface area contributed by atoms with Gasteiger partial charge in [-0.15, -0.1) is 11.3 Å². The summed E-state index contributed by atoms with van der Waals surface area (Å²) in [6.45, 7) is 0. The van der Waals surface area contributed by atoms with Gasteiger partial charge in [0.05, 0.1) is 11.4 Å². The predicted octanol–water partition coefficient (Wildman–Crippen LogP) is 12.7. The van der Waals surface area contributed by atoms with Crippen LogP contribution in [0.4, 0.5) is 0 Å². The summed E-state index contributed by atoms with van der Waals surface area (Å²) in [7, 11) is 0. The van der Waals surface area contributed by atoms with Crippen LogP contribution in [0.25, 0.3) is 76.3 Å². The lowest BCUT2D eigenvalue weighted by atomic mass is 9.67. The van der Waals surface area contributed by atoms with Gasteiger partial charge in [0.2, 0.25) is 0 Å². The van der Waals surface area contributed by atoms with E-state index in [1.54, 1.807) is 0 Å². The SMILES string of the molecule is c1ccc(-c2cc(-c3ccc4c(c3)C3(CCCCC3)c3ccccc3-4)nc(-c3ccccc3-c3ccc4sc5ccccc5c4c3)n2)cc1. The molecule has 8 aromatic rings. The summed E-state index contributed by atoms with van der Waals surface area (Å²) in [6.07, 6.45) is 6.29. The first-order valence-electron chi connectivity index (χ1n) is 17.5. The first kappa shape index (κ1) is 28.6. The largest absolute Gasteiger partial charge is 0.228 e. The molecule has 2 aliphatic rings. The van der Waals surface area contributed by atoms with Crippen LogP contribution in [0.5, 0.6) is 0 Å². The topological polar surface area (TPSA) is 25.8 Å². The van der Waals surface area contributed by atoms with Crippen molar-refractivity contribution in [1.82, 2.24) is 9.97 Å². The monoisotopic (exact) mass is 646 g/mol. The molecule has 2 heterocycles. The minimum atomic E-state index is 0.0926. The van der Waals surface area contributed by atoms with Gasteiger partial charge in [0.15, 0.2) is 5.82 Å². The molecule has 3 heteroatoms. The van der Waals surface area contributed by atoms with Crippen LogP contribution >= 0.6 is 11.3 Å². The molecule has 2 aromatic heterocycles. The van der Waals surface area contributed by atoms with Crippen molar-refractivity contribution < 1.29 is 0 Å². The van der Waals surface area contributed by atoms with E-state index in [9.17, 15) is 0 Å². The second-order valence-corrected chi connectivity index (χ2v) is 14.7. The molecule has 0 bridgehead atoms. The average molecular weight is 647 g/mol. The van der Waals surface area contributed by atoms with Crippen LogP contribution in [0.15, 0.2) is 146 Å². The lowest BCUT2D eigenvalue weighted by molar-refractivity contribution is 0.353. The molecule has 10 rings (SSSR count). The molecule has 0 N–H and O–H groups in total. The van der Waals surface area contributed by atoms with Gasteiger partial charge >= 0.3 is 0 Å². The maximum Gasteiger partial charge on any atom is 0.161 e. The van der Waals surface area contributed by atoms with Crippen molar-refractivity contribution in [3.8, 4) is 56.2 Å². The Labute approximate surface area is 290 Å². The van der Waals surface area contributed by atoms with Gasteiger partial charge in [-0.2, -0.15) is 0 Å². The lowest BCUT2D eigenvalue weighted by Gasteiger charge is -2.36. The molecule has 1 fully saturated rings. The summed E-state index contributed by atoms with van der Waals surface area (Å²) < 4.78 is 2.63. The highest BCUT2D eigenvalue weighted by atomic mass is 32.1. The Morgan fingerprint density at radius 3 is 1.94 bits per heavy atom. The number of aromatic nitrogens is 2. The Morgan fingerprint density at radius 1 is 0.429 bits per heavy atom. The van der Waals surface area contributed by atoms with Crippen LogP contribution in [0, 0.1) is 0 Å². The number of hydrogen-bond donors (Lipinski definition) is 0. The van der Waals surface area contributed by atoms with E-state index in [0.717, 1.165) is 39.5 Å². The second kappa shape index (κ2) is 11.4. The number of hydrogen-bond acceptors (Lipinski definition) is 3. The molecule has 0 saturated heterocycles. The zero-order valence-corrected chi connectivity index (χ0v) is 28.0. The Hall–Kier alpha value is -5.38. The van der Waals surface area contributed by atoms with Gasteiger partial charge in [0, 0.05) is 42.3 Å². The second-order valence-electron chi connectivity index (χ2n) is 13.6. The molecular formula is C46H34N2S. The van der Waals surface area contributed by atoms with E-state index in [-0.39, 0.29) is 5.41 Å². The van der Waals surface area contributed by atoms with Gasteiger partial charge in [-0.3, -0.25) is 0 Å². The van der Waals surface area contributed by atoms with Crippen LogP contribution in [0.3, 0.4) is 0 Å². The summed E-state index contributed by atoms with van der Waals surface area (Å²) in [6, 6.07) is 53.1. The Balaban J connectivity index is 1.15. The van der Waals surface area contributed by atoms with Gasteiger partial charge in [-0.1, -0.05) is 135 Å². The molecule has 2 aliphatic carbocycles. The van der Waals surface area contributed by atoms with Gasteiger partial charge in [-0.25, -0.2) is 9.97 Å². The van der Waals surface area contributed by atoms with Crippen molar-refractivity contribution in [3.05, 3.63) is 157 Å². The van der Waals surface area contributed by atoms with E-state index in [2.05, 4.69) is 146 Å². The lowest BCUT2D eigenvalue weighted by Crippen LogP contribution is -2.28. The molecule has 0 radical (unpaired) electrons. The Kier molecular flexibility index (Phi) is 6.63. The number of fused-ring (bicyclic) bond motifs is 8. The molecule has 0 unspecified atom stereocenters. The molecular weight excluding hydrogens is 613 g/mol. The normalized spacial score (nSPS) is 14.7. The fourth-order valence-corrected chi connectivity index (χ4v) is 9.69. The van der Waals surface area contributed by atoms with E-state index in [1.807, 2.05) is 11.3 Å². The van der Waals surface area contributed by atoms with E-state index in [4.69, 9.17) is 9.97 Å². The van der Waals surface area contributed by atoms with Crippen LogP contribution < -0.4 is 0 Å². The minimum absolute atomic E-state index is 0.0926. The summed E-state index contributed by atoms with van der Waals surface area (Å²) in [5, 5.41) is 2.60. The van der Waals surface area contributed by atoms with Crippen LogP contribution in [0.2, 0.25) is 0 Å². The molecule has 0 aliphatic heterocycles. The molecule has 234 valence electrons. The zero-order valence-electron chi connectivity index (χ0n) is 27.2. The number of benzene rings is 6. The molecule has 2 nitrogen and oxygen atoms in total. The maximum atomic E-state index is 5.39. The standard InChI is InChI=1S/C46H34N2S/c1-3-13-30(14-4-1)41-29-42(32-21-23-35-34-16-7-9-19-39(34)46(40(35)28-32)25-11-2-12-26-46)48-45(47-41)37-18-6-5-15-33(37)31-22-24-44-38(27-31)36-17-8-10-20-43(36)49-44/h1,3-10,13-24,27-29H,2,11-12,25-26H2. The third-order valence-corrected chi connectivity index (χ3v) is 12.1. The van der Waals surface area contributed by atoms with Crippen molar-refractivity contribution in [2.75, 3.05) is 0 Å². The van der Waals surface area contributed by atoms with Crippen LogP contribution in [-0.4, -0.2) is 9.97 Å². The van der Waals surface area contributed by atoms with E-state index in [0.29, 0.717) is 0 Å². The van der Waals surface area contributed by atoms with Gasteiger partial charge in [-0.05, 0) is 76.6 Å². The molecule has 0 atom stereocenters. The third kappa shape index (κ3) is 4.60. The first-order chi connectivity index (χ1) is 24.2. The Morgan fingerprint density at radius 2 is 1.08 bits per heavy atom. The highest BCUT2D eigenvalue weighted by Crippen LogP contribution is 2.56. The van der Waals surface area contributed by atoms with Crippen molar-refractivity contribution in [3.63, 3.8) is 0 Å². The van der Waals surface area contributed by atoms with E-state index < -0.39 is 0 Å².